The lowest BCUT2D eigenvalue weighted by molar-refractivity contribution is 0.505. The molecule has 0 spiro atoms. The molecule has 0 aliphatic rings. The van der Waals surface area contributed by atoms with Gasteiger partial charge in [-0.2, -0.15) is 0 Å². The van der Waals surface area contributed by atoms with E-state index in [0.717, 1.165) is 31.1 Å². The van der Waals surface area contributed by atoms with Crippen molar-refractivity contribution in [2.45, 2.75) is 19.5 Å². The molecule has 0 saturated carbocycles. The number of imidazole rings is 1. The van der Waals surface area contributed by atoms with Crippen LogP contribution in [-0.4, -0.2) is 16.1 Å². The minimum Gasteiger partial charge on any atom is -0.337 e. The van der Waals surface area contributed by atoms with Gasteiger partial charge in [-0.1, -0.05) is 6.07 Å². The summed E-state index contributed by atoms with van der Waals surface area (Å²) in [6.07, 6.45) is 6.39. The Morgan fingerprint density at radius 2 is 2.11 bits per heavy atom. The maximum atomic E-state index is 12.9. The first kappa shape index (κ1) is 12.7. The molecular formula is C13H15F2N3. The molecule has 0 aliphatic heterocycles. The molecule has 0 saturated heterocycles. The zero-order valence-electron chi connectivity index (χ0n) is 9.94. The van der Waals surface area contributed by atoms with Crippen molar-refractivity contribution in [3.8, 4) is 0 Å². The number of hydrogen-bond acceptors (Lipinski definition) is 2. The molecular weight excluding hydrogens is 236 g/mol. The molecule has 0 aliphatic carbocycles. The van der Waals surface area contributed by atoms with E-state index in [2.05, 4.69) is 10.3 Å². The summed E-state index contributed by atoms with van der Waals surface area (Å²) in [5.41, 5.74) is 0.747. The van der Waals surface area contributed by atoms with Gasteiger partial charge in [0.1, 0.15) is 0 Å². The van der Waals surface area contributed by atoms with Crippen molar-refractivity contribution in [2.24, 2.45) is 0 Å². The van der Waals surface area contributed by atoms with Crippen LogP contribution in [0, 0.1) is 11.6 Å². The SMILES string of the molecule is Fc1ccc(CNCCCn2ccnc2)cc1F. The van der Waals surface area contributed by atoms with Gasteiger partial charge in [0.05, 0.1) is 6.33 Å². The van der Waals surface area contributed by atoms with E-state index in [4.69, 9.17) is 0 Å². The molecule has 0 atom stereocenters. The molecule has 5 heteroatoms. The number of nitrogens with zero attached hydrogens (tertiary/aromatic N) is 2. The third-order valence-electron chi connectivity index (χ3n) is 2.64. The van der Waals surface area contributed by atoms with Crippen LogP contribution in [0.2, 0.25) is 0 Å². The van der Waals surface area contributed by atoms with Crippen molar-refractivity contribution >= 4 is 0 Å². The molecule has 0 fully saturated rings. The Labute approximate surface area is 104 Å². The minimum atomic E-state index is -0.807. The Morgan fingerprint density at radius 1 is 1.22 bits per heavy atom. The molecule has 0 amide bonds. The number of halogens is 2. The zero-order valence-corrected chi connectivity index (χ0v) is 9.94. The van der Waals surface area contributed by atoms with E-state index < -0.39 is 11.6 Å². The maximum Gasteiger partial charge on any atom is 0.159 e. The predicted octanol–water partition coefficient (Wildman–Crippen LogP) is 2.34. The van der Waals surface area contributed by atoms with Gasteiger partial charge in [-0.25, -0.2) is 13.8 Å². The number of rotatable bonds is 6. The van der Waals surface area contributed by atoms with Gasteiger partial charge in [0, 0.05) is 25.5 Å². The Balaban J connectivity index is 1.67. The van der Waals surface area contributed by atoms with E-state index in [1.165, 1.54) is 6.07 Å². The molecule has 96 valence electrons. The Kier molecular flexibility index (Phi) is 4.41. The number of benzene rings is 1. The maximum absolute atomic E-state index is 12.9. The summed E-state index contributed by atoms with van der Waals surface area (Å²) in [6, 6.07) is 3.96. The van der Waals surface area contributed by atoms with E-state index in [0.29, 0.717) is 6.54 Å². The number of aryl methyl sites for hydroxylation is 1. The van der Waals surface area contributed by atoms with Crippen LogP contribution in [0.25, 0.3) is 0 Å². The zero-order chi connectivity index (χ0) is 12.8. The highest BCUT2D eigenvalue weighted by molar-refractivity contribution is 5.17. The van der Waals surface area contributed by atoms with Gasteiger partial charge >= 0.3 is 0 Å². The fraction of sp³-hybridized carbons (Fsp3) is 0.308. The van der Waals surface area contributed by atoms with Gasteiger partial charge in [0.15, 0.2) is 11.6 Å². The first-order valence-corrected chi connectivity index (χ1v) is 5.86. The van der Waals surface area contributed by atoms with Crippen molar-refractivity contribution in [3.05, 3.63) is 54.1 Å². The second-order valence-corrected chi connectivity index (χ2v) is 4.08. The molecule has 0 unspecified atom stereocenters. The van der Waals surface area contributed by atoms with Gasteiger partial charge in [-0.05, 0) is 30.7 Å². The lowest BCUT2D eigenvalue weighted by Gasteiger charge is -2.06. The van der Waals surface area contributed by atoms with Gasteiger partial charge in [0.2, 0.25) is 0 Å². The second-order valence-electron chi connectivity index (χ2n) is 4.08. The quantitative estimate of drug-likeness (QED) is 0.799. The van der Waals surface area contributed by atoms with E-state index in [1.54, 1.807) is 18.6 Å². The molecule has 1 aromatic heterocycles. The molecule has 0 radical (unpaired) electrons. The molecule has 2 aromatic rings. The van der Waals surface area contributed by atoms with Crippen LogP contribution >= 0.6 is 0 Å². The normalized spacial score (nSPS) is 10.8. The monoisotopic (exact) mass is 251 g/mol. The Bertz CT molecular complexity index is 483. The van der Waals surface area contributed by atoms with Crippen molar-refractivity contribution in [1.82, 2.24) is 14.9 Å². The van der Waals surface area contributed by atoms with Crippen LogP contribution in [0.15, 0.2) is 36.9 Å². The molecule has 1 N–H and O–H groups in total. The highest BCUT2D eigenvalue weighted by atomic mass is 19.2. The van der Waals surface area contributed by atoms with Crippen molar-refractivity contribution in [3.63, 3.8) is 0 Å². The van der Waals surface area contributed by atoms with Crippen molar-refractivity contribution < 1.29 is 8.78 Å². The average molecular weight is 251 g/mol. The Hall–Kier alpha value is -1.75. The van der Waals surface area contributed by atoms with Crippen LogP contribution in [-0.2, 0) is 13.1 Å². The van der Waals surface area contributed by atoms with Crippen molar-refractivity contribution in [1.29, 1.82) is 0 Å². The Morgan fingerprint density at radius 3 is 2.83 bits per heavy atom. The lowest BCUT2D eigenvalue weighted by Crippen LogP contribution is -2.16. The summed E-state index contributed by atoms with van der Waals surface area (Å²) in [5, 5.41) is 3.19. The molecule has 18 heavy (non-hydrogen) atoms. The van der Waals surface area contributed by atoms with Crippen LogP contribution in [0.1, 0.15) is 12.0 Å². The lowest BCUT2D eigenvalue weighted by atomic mass is 10.2. The minimum absolute atomic E-state index is 0.543. The highest BCUT2D eigenvalue weighted by Crippen LogP contribution is 2.08. The smallest absolute Gasteiger partial charge is 0.159 e. The summed E-state index contributed by atoms with van der Waals surface area (Å²) >= 11 is 0. The van der Waals surface area contributed by atoms with E-state index >= 15 is 0 Å². The van der Waals surface area contributed by atoms with E-state index in [-0.39, 0.29) is 0 Å². The van der Waals surface area contributed by atoms with Crippen LogP contribution in [0.3, 0.4) is 0 Å². The predicted molar refractivity (Wildman–Crippen MR) is 64.9 cm³/mol. The highest BCUT2D eigenvalue weighted by Gasteiger charge is 2.01. The third-order valence-corrected chi connectivity index (χ3v) is 2.64. The summed E-state index contributed by atoms with van der Waals surface area (Å²) in [6.45, 7) is 2.25. The molecule has 1 heterocycles. The molecule has 2 rings (SSSR count). The summed E-state index contributed by atoms with van der Waals surface area (Å²) in [7, 11) is 0. The van der Waals surface area contributed by atoms with E-state index in [9.17, 15) is 8.78 Å². The van der Waals surface area contributed by atoms with Crippen LogP contribution < -0.4 is 5.32 Å². The molecule has 1 aromatic carbocycles. The first-order chi connectivity index (χ1) is 8.75. The molecule has 0 bridgehead atoms. The third kappa shape index (κ3) is 3.63. The second kappa shape index (κ2) is 6.26. The van der Waals surface area contributed by atoms with Gasteiger partial charge < -0.3 is 9.88 Å². The van der Waals surface area contributed by atoms with Crippen LogP contribution in [0.5, 0.6) is 0 Å². The van der Waals surface area contributed by atoms with Gasteiger partial charge in [-0.15, -0.1) is 0 Å². The fourth-order valence-corrected chi connectivity index (χ4v) is 1.69. The summed E-state index contributed by atoms with van der Waals surface area (Å²) in [4.78, 5) is 3.95. The fourth-order valence-electron chi connectivity index (χ4n) is 1.69. The van der Waals surface area contributed by atoms with Crippen LogP contribution in [0.4, 0.5) is 8.78 Å². The first-order valence-electron chi connectivity index (χ1n) is 5.86. The van der Waals surface area contributed by atoms with Crippen molar-refractivity contribution in [2.75, 3.05) is 6.54 Å². The van der Waals surface area contributed by atoms with Gasteiger partial charge in [0.25, 0.3) is 0 Å². The van der Waals surface area contributed by atoms with Gasteiger partial charge in [-0.3, -0.25) is 0 Å². The van der Waals surface area contributed by atoms with E-state index in [1.807, 2.05) is 10.8 Å². The topological polar surface area (TPSA) is 29.9 Å². The summed E-state index contributed by atoms with van der Waals surface area (Å²) < 4.78 is 27.6. The largest absolute Gasteiger partial charge is 0.337 e. The standard InChI is InChI=1S/C13H15F2N3/c14-12-3-2-11(8-13(12)15)9-16-4-1-6-18-7-5-17-10-18/h2-3,5,7-8,10,16H,1,4,6,9H2. The number of aromatic nitrogens is 2. The number of hydrogen-bond donors (Lipinski definition) is 1. The average Bonchev–Trinajstić information content (AvgIpc) is 2.86. The summed E-state index contributed by atoms with van der Waals surface area (Å²) in [5.74, 6) is -1.61. The molecule has 3 nitrogen and oxygen atoms in total. The number of nitrogens with one attached hydrogen (secondary N) is 1.